The third-order valence-corrected chi connectivity index (χ3v) is 2.83. The maximum Gasteiger partial charge on any atom is 0.387 e. The standard InChI is InChI=1S/C14H13F2N3O3/c1-9-2-5-12(13(6-9)19(20)21)18-7-10-3-4-11(8-17-10)22-14(15)16/h2-6,8,14,18H,7H2,1H3. The van der Waals surface area contributed by atoms with Gasteiger partial charge in [0, 0.05) is 6.07 Å². The Bertz CT molecular complexity index is 663. The zero-order chi connectivity index (χ0) is 16.1. The third kappa shape index (κ3) is 4.11. The predicted molar refractivity (Wildman–Crippen MR) is 76.0 cm³/mol. The van der Waals surface area contributed by atoms with Crippen LogP contribution in [0.1, 0.15) is 11.3 Å². The van der Waals surface area contributed by atoms with Crippen LogP contribution in [0.5, 0.6) is 5.75 Å². The Morgan fingerprint density at radius 1 is 1.36 bits per heavy atom. The van der Waals surface area contributed by atoms with Crippen molar-refractivity contribution in [1.29, 1.82) is 0 Å². The molecule has 6 nitrogen and oxygen atoms in total. The van der Waals surface area contributed by atoms with Gasteiger partial charge in [-0.1, -0.05) is 6.07 Å². The van der Waals surface area contributed by atoms with Crippen LogP contribution in [0.4, 0.5) is 20.2 Å². The molecule has 0 spiro atoms. The van der Waals surface area contributed by atoms with Gasteiger partial charge in [0.05, 0.1) is 23.4 Å². The van der Waals surface area contributed by atoms with Crippen molar-refractivity contribution in [3.05, 3.63) is 57.9 Å². The number of halogens is 2. The highest BCUT2D eigenvalue weighted by atomic mass is 19.3. The van der Waals surface area contributed by atoms with E-state index in [9.17, 15) is 18.9 Å². The minimum Gasteiger partial charge on any atom is -0.433 e. The van der Waals surface area contributed by atoms with Gasteiger partial charge < -0.3 is 10.1 Å². The molecular formula is C14H13F2N3O3. The molecule has 0 aliphatic heterocycles. The van der Waals surface area contributed by atoms with Crippen LogP contribution in [0.25, 0.3) is 0 Å². The van der Waals surface area contributed by atoms with Crippen LogP contribution >= 0.6 is 0 Å². The Morgan fingerprint density at radius 2 is 2.14 bits per heavy atom. The van der Waals surface area contributed by atoms with E-state index in [1.165, 1.54) is 24.4 Å². The molecule has 8 heteroatoms. The molecule has 0 atom stereocenters. The van der Waals surface area contributed by atoms with Crippen LogP contribution in [0.3, 0.4) is 0 Å². The van der Waals surface area contributed by atoms with Crippen LogP contribution < -0.4 is 10.1 Å². The predicted octanol–water partition coefficient (Wildman–Crippen LogP) is 3.51. The quantitative estimate of drug-likeness (QED) is 0.652. The van der Waals surface area contributed by atoms with Gasteiger partial charge in [0.25, 0.3) is 5.69 Å². The molecule has 2 rings (SSSR count). The highest BCUT2D eigenvalue weighted by Crippen LogP contribution is 2.25. The number of nitrogens with zero attached hydrogens (tertiary/aromatic N) is 2. The molecule has 116 valence electrons. The average Bonchev–Trinajstić information content (AvgIpc) is 2.46. The van der Waals surface area contributed by atoms with Crippen LogP contribution in [0.15, 0.2) is 36.5 Å². The molecule has 0 unspecified atom stereocenters. The zero-order valence-electron chi connectivity index (χ0n) is 11.6. The maximum absolute atomic E-state index is 12.0. The number of nitrogens with one attached hydrogen (secondary N) is 1. The number of pyridine rings is 1. The maximum atomic E-state index is 12.0. The second kappa shape index (κ2) is 6.79. The van der Waals surface area contributed by atoms with E-state index in [2.05, 4.69) is 15.0 Å². The number of nitro groups is 1. The number of benzene rings is 1. The van der Waals surface area contributed by atoms with Gasteiger partial charge in [-0.3, -0.25) is 15.1 Å². The molecule has 1 N–H and O–H groups in total. The lowest BCUT2D eigenvalue weighted by Gasteiger charge is -2.08. The van der Waals surface area contributed by atoms with Crippen molar-refractivity contribution < 1.29 is 18.4 Å². The van der Waals surface area contributed by atoms with Gasteiger partial charge in [-0.2, -0.15) is 8.78 Å². The number of anilines is 1. The van der Waals surface area contributed by atoms with Gasteiger partial charge in [-0.15, -0.1) is 0 Å². The molecule has 0 aliphatic carbocycles. The zero-order valence-corrected chi connectivity index (χ0v) is 11.6. The fourth-order valence-electron chi connectivity index (χ4n) is 1.82. The van der Waals surface area contributed by atoms with Crippen molar-refractivity contribution >= 4 is 11.4 Å². The van der Waals surface area contributed by atoms with Gasteiger partial charge in [0.15, 0.2) is 0 Å². The molecule has 2 aromatic rings. The number of alkyl halides is 2. The van der Waals surface area contributed by atoms with E-state index in [0.717, 1.165) is 5.56 Å². The van der Waals surface area contributed by atoms with Crippen molar-refractivity contribution in [2.45, 2.75) is 20.1 Å². The van der Waals surface area contributed by atoms with E-state index in [-0.39, 0.29) is 18.0 Å². The Hall–Kier alpha value is -2.77. The van der Waals surface area contributed by atoms with E-state index in [4.69, 9.17) is 0 Å². The molecule has 0 bridgehead atoms. The van der Waals surface area contributed by atoms with E-state index in [1.807, 2.05) is 0 Å². The summed E-state index contributed by atoms with van der Waals surface area (Å²) in [5, 5.41) is 13.9. The molecule has 0 saturated carbocycles. The fraction of sp³-hybridized carbons (Fsp3) is 0.214. The Morgan fingerprint density at radius 3 is 2.73 bits per heavy atom. The van der Waals surface area contributed by atoms with Crippen molar-refractivity contribution in [3.63, 3.8) is 0 Å². The molecule has 1 heterocycles. The lowest BCUT2D eigenvalue weighted by molar-refractivity contribution is -0.384. The molecule has 0 amide bonds. The van der Waals surface area contributed by atoms with E-state index in [0.29, 0.717) is 11.4 Å². The molecule has 0 saturated heterocycles. The minimum absolute atomic E-state index is 0.0300. The lowest BCUT2D eigenvalue weighted by Crippen LogP contribution is -2.05. The highest BCUT2D eigenvalue weighted by molar-refractivity contribution is 5.62. The summed E-state index contributed by atoms with van der Waals surface area (Å²) >= 11 is 0. The molecule has 22 heavy (non-hydrogen) atoms. The van der Waals surface area contributed by atoms with Gasteiger partial charge in [0.2, 0.25) is 0 Å². The lowest BCUT2D eigenvalue weighted by atomic mass is 10.2. The largest absolute Gasteiger partial charge is 0.433 e. The molecule has 1 aromatic heterocycles. The summed E-state index contributed by atoms with van der Waals surface area (Å²) in [5.41, 5.74) is 1.66. The summed E-state index contributed by atoms with van der Waals surface area (Å²) < 4.78 is 28.2. The summed E-state index contributed by atoms with van der Waals surface area (Å²) in [6, 6.07) is 7.70. The van der Waals surface area contributed by atoms with Crippen molar-refractivity contribution in [2.75, 3.05) is 5.32 Å². The second-order valence-corrected chi connectivity index (χ2v) is 4.50. The average molecular weight is 309 g/mol. The first-order chi connectivity index (χ1) is 10.5. The third-order valence-electron chi connectivity index (χ3n) is 2.83. The Balaban J connectivity index is 2.05. The van der Waals surface area contributed by atoms with Gasteiger partial charge in [-0.25, -0.2) is 0 Å². The van der Waals surface area contributed by atoms with E-state index >= 15 is 0 Å². The number of aromatic nitrogens is 1. The van der Waals surface area contributed by atoms with Crippen molar-refractivity contribution in [1.82, 2.24) is 4.98 Å². The molecular weight excluding hydrogens is 296 g/mol. The molecule has 0 radical (unpaired) electrons. The van der Waals surface area contributed by atoms with Crippen molar-refractivity contribution in [2.24, 2.45) is 0 Å². The number of aryl methyl sites for hydroxylation is 1. The molecule has 0 aliphatic rings. The number of hydrogen-bond acceptors (Lipinski definition) is 5. The number of nitro benzene ring substituents is 1. The minimum atomic E-state index is -2.90. The smallest absolute Gasteiger partial charge is 0.387 e. The second-order valence-electron chi connectivity index (χ2n) is 4.50. The normalized spacial score (nSPS) is 10.5. The first-order valence-corrected chi connectivity index (χ1v) is 6.34. The Kier molecular flexibility index (Phi) is 4.82. The van der Waals surface area contributed by atoms with Gasteiger partial charge in [-0.05, 0) is 30.7 Å². The van der Waals surface area contributed by atoms with Gasteiger partial charge >= 0.3 is 6.61 Å². The summed E-state index contributed by atoms with van der Waals surface area (Å²) in [5.74, 6) is -0.0416. The summed E-state index contributed by atoms with van der Waals surface area (Å²) in [7, 11) is 0. The van der Waals surface area contributed by atoms with E-state index in [1.54, 1.807) is 19.1 Å². The van der Waals surface area contributed by atoms with Crippen LogP contribution in [-0.4, -0.2) is 16.5 Å². The highest BCUT2D eigenvalue weighted by Gasteiger charge is 2.13. The number of ether oxygens (including phenoxy) is 1. The van der Waals surface area contributed by atoms with Crippen LogP contribution in [0, 0.1) is 17.0 Å². The summed E-state index contributed by atoms with van der Waals surface area (Å²) in [6.07, 6.45) is 1.17. The SMILES string of the molecule is Cc1ccc(NCc2ccc(OC(F)F)cn2)c([N+](=O)[O-])c1. The van der Waals surface area contributed by atoms with Crippen LogP contribution in [0.2, 0.25) is 0 Å². The topological polar surface area (TPSA) is 77.3 Å². The number of rotatable bonds is 6. The monoisotopic (exact) mass is 309 g/mol. The Labute approximate surface area is 124 Å². The first kappa shape index (κ1) is 15.6. The van der Waals surface area contributed by atoms with Crippen molar-refractivity contribution in [3.8, 4) is 5.75 Å². The summed E-state index contributed by atoms with van der Waals surface area (Å²) in [4.78, 5) is 14.5. The summed E-state index contributed by atoms with van der Waals surface area (Å²) in [6.45, 7) is -0.917. The number of hydrogen-bond donors (Lipinski definition) is 1. The fourth-order valence-corrected chi connectivity index (χ4v) is 1.82. The molecule has 1 aromatic carbocycles. The molecule has 0 fully saturated rings. The van der Waals surface area contributed by atoms with Crippen LogP contribution in [-0.2, 0) is 6.54 Å². The van der Waals surface area contributed by atoms with Gasteiger partial charge in [0.1, 0.15) is 11.4 Å². The first-order valence-electron chi connectivity index (χ1n) is 6.34. The van der Waals surface area contributed by atoms with E-state index < -0.39 is 11.5 Å².